The van der Waals surface area contributed by atoms with Crippen molar-refractivity contribution in [1.29, 1.82) is 0 Å². The Bertz CT molecular complexity index is 1430. The molecule has 0 saturated heterocycles. The summed E-state index contributed by atoms with van der Waals surface area (Å²) in [5, 5.41) is 11.4. The van der Waals surface area contributed by atoms with Crippen molar-refractivity contribution in [1.82, 2.24) is 20.3 Å². The number of methoxy groups -OCH3 is 1. The average Bonchev–Trinajstić information content (AvgIpc) is 3.29. The van der Waals surface area contributed by atoms with Gasteiger partial charge in [-0.3, -0.25) is 14.5 Å². The smallest absolute Gasteiger partial charge is 0.249 e. The summed E-state index contributed by atoms with van der Waals surface area (Å²) < 4.78 is 12.7. The van der Waals surface area contributed by atoms with Crippen LogP contribution in [0.1, 0.15) is 39.3 Å². The van der Waals surface area contributed by atoms with Gasteiger partial charge in [-0.1, -0.05) is 35.5 Å². The van der Waals surface area contributed by atoms with E-state index in [0.717, 1.165) is 5.52 Å². The molecule has 0 unspecified atom stereocenters. The number of carbonyl (C=O) groups excluding carboxylic acids is 2. The highest BCUT2D eigenvalue weighted by molar-refractivity contribution is 6.02. The molecule has 1 heterocycles. The molecule has 38 heavy (non-hydrogen) atoms. The van der Waals surface area contributed by atoms with Crippen LogP contribution in [-0.2, 0) is 16.1 Å². The van der Waals surface area contributed by atoms with Crippen LogP contribution >= 0.6 is 0 Å². The normalized spacial score (nSPS) is 12.1. The molecule has 9 heteroatoms. The first-order valence-electron chi connectivity index (χ1n) is 12.5. The Morgan fingerprint density at radius 2 is 1.74 bits per heavy atom. The first kappa shape index (κ1) is 26.7. The van der Waals surface area contributed by atoms with Crippen LogP contribution in [0.25, 0.3) is 11.0 Å². The molecule has 0 aliphatic rings. The van der Waals surface area contributed by atoms with Crippen molar-refractivity contribution in [2.75, 3.05) is 18.6 Å². The Morgan fingerprint density at radius 3 is 2.47 bits per heavy atom. The van der Waals surface area contributed by atoms with Crippen molar-refractivity contribution < 1.29 is 19.1 Å². The summed E-state index contributed by atoms with van der Waals surface area (Å²) in [7, 11) is 1.56. The maximum atomic E-state index is 14.1. The van der Waals surface area contributed by atoms with E-state index in [1.54, 1.807) is 48.2 Å². The highest BCUT2D eigenvalue weighted by Crippen LogP contribution is 2.33. The second kappa shape index (κ2) is 11.3. The van der Waals surface area contributed by atoms with Gasteiger partial charge in [-0.05, 0) is 69.7 Å². The minimum absolute atomic E-state index is 0.122. The van der Waals surface area contributed by atoms with Gasteiger partial charge < -0.3 is 14.8 Å². The minimum Gasteiger partial charge on any atom is -0.497 e. The van der Waals surface area contributed by atoms with Crippen LogP contribution in [0.3, 0.4) is 0 Å². The lowest BCUT2D eigenvalue weighted by atomic mass is 10.0. The fourth-order valence-corrected chi connectivity index (χ4v) is 4.23. The van der Waals surface area contributed by atoms with E-state index in [2.05, 4.69) is 15.6 Å². The number of carbonyl (C=O) groups is 2. The summed E-state index contributed by atoms with van der Waals surface area (Å²) in [6.45, 7) is 7.93. The van der Waals surface area contributed by atoms with Gasteiger partial charge in [-0.15, -0.1) is 5.10 Å². The van der Waals surface area contributed by atoms with Crippen molar-refractivity contribution in [3.05, 3.63) is 78.4 Å². The molecule has 9 nitrogen and oxygen atoms in total. The van der Waals surface area contributed by atoms with Crippen LogP contribution in [0.15, 0.2) is 72.8 Å². The van der Waals surface area contributed by atoms with Gasteiger partial charge in [0.1, 0.15) is 29.6 Å². The molecule has 0 aliphatic heterocycles. The van der Waals surface area contributed by atoms with E-state index in [0.29, 0.717) is 34.9 Å². The third-order valence-corrected chi connectivity index (χ3v) is 5.80. The van der Waals surface area contributed by atoms with Crippen LogP contribution in [-0.4, -0.2) is 46.1 Å². The molecule has 0 bridgehead atoms. The zero-order chi connectivity index (χ0) is 27.3. The van der Waals surface area contributed by atoms with Crippen LogP contribution in [0.2, 0.25) is 0 Å². The Labute approximate surface area is 222 Å². The molecule has 2 amide bonds. The SMILES string of the molecule is CCOc1cccc(N(C(=O)Cn2nnc3ccccc32)[C@@H](C(=O)NC(C)(C)C)c2cccc(OC)c2)c1. The first-order chi connectivity index (χ1) is 18.2. The topological polar surface area (TPSA) is 98.6 Å². The van der Waals surface area contributed by atoms with Crippen molar-refractivity contribution in [3.63, 3.8) is 0 Å². The molecule has 4 rings (SSSR count). The van der Waals surface area contributed by atoms with E-state index < -0.39 is 11.6 Å². The number of hydrogen-bond donors (Lipinski definition) is 1. The van der Waals surface area contributed by atoms with Crippen LogP contribution in [0, 0.1) is 0 Å². The van der Waals surface area contributed by atoms with Gasteiger partial charge in [-0.2, -0.15) is 0 Å². The zero-order valence-electron chi connectivity index (χ0n) is 22.3. The van der Waals surface area contributed by atoms with E-state index in [1.165, 1.54) is 4.90 Å². The number of benzene rings is 3. The Balaban J connectivity index is 1.85. The summed E-state index contributed by atoms with van der Waals surface area (Å²) in [5.74, 6) is 0.499. The number of ether oxygens (including phenoxy) is 2. The molecule has 1 atom stereocenters. The molecule has 0 saturated carbocycles. The second-order valence-corrected chi connectivity index (χ2v) is 9.85. The summed E-state index contributed by atoms with van der Waals surface area (Å²) in [5.41, 5.74) is 1.99. The third kappa shape index (κ3) is 6.11. The number of aromatic nitrogens is 3. The van der Waals surface area contributed by atoms with E-state index in [-0.39, 0.29) is 18.4 Å². The molecule has 0 aliphatic carbocycles. The minimum atomic E-state index is -0.997. The quantitative estimate of drug-likeness (QED) is 0.352. The summed E-state index contributed by atoms with van der Waals surface area (Å²) in [4.78, 5) is 29.5. The molecule has 4 aromatic rings. The van der Waals surface area contributed by atoms with E-state index >= 15 is 0 Å². The van der Waals surface area contributed by atoms with Crippen LogP contribution < -0.4 is 19.7 Å². The van der Waals surface area contributed by atoms with Gasteiger partial charge in [0.05, 0.1) is 19.2 Å². The highest BCUT2D eigenvalue weighted by atomic mass is 16.5. The number of amides is 2. The molecule has 1 aromatic heterocycles. The maximum Gasteiger partial charge on any atom is 0.249 e. The predicted molar refractivity (Wildman–Crippen MR) is 146 cm³/mol. The number of anilines is 1. The maximum absolute atomic E-state index is 14.1. The van der Waals surface area contributed by atoms with Gasteiger partial charge in [-0.25, -0.2) is 4.68 Å². The Kier molecular flexibility index (Phi) is 7.95. The third-order valence-electron chi connectivity index (χ3n) is 5.80. The molecule has 1 N–H and O–H groups in total. The van der Waals surface area contributed by atoms with Crippen molar-refractivity contribution in [2.24, 2.45) is 0 Å². The van der Waals surface area contributed by atoms with Crippen molar-refractivity contribution in [2.45, 2.75) is 45.8 Å². The van der Waals surface area contributed by atoms with Gasteiger partial charge in [0.25, 0.3) is 0 Å². The van der Waals surface area contributed by atoms with E-state index in [4.69, 9.17) is 9.47 Å². The molecule has 198 valence electrons. The van der Waals surface area contributed by atoms with Crippen LogP contribution in [0.4, 0.5) is 5.69 Å². The number of nitrogens with one attached hydrogen (secondary N) is 1. The molecule has 0 radical (unpaired) electrons. The lowest BCUT2D eigenvalue weighted by molar-refractivity contribution is -0.128. The first-order valence-corrected chi connectivity index (χ1v) is 12.5. The highest BCUT2D eigenvalue weighted by Gasteiger charge is 2.35. The number of fused-ring (bicyclic) bond motifs is 1. The lowest BCUT2D eigenvalue weighted by Crippen LogP contribution is -2.50. The summed E-state index contributed by atoms with van der Waals surface area (Å²) in [6.07, 6.45) is 0. The molecular formula is C29H33N5O4. The number of rotatable bonds is 9. The fourth-order valence-electron chi connectivity index (χ4n) is 4.23. The predicted octanol–water partition coefficient (Wildman–Crippen LogP) is 4.53. The standard InChI is InChI=1S/C29H33N5O4/c1-6-38-23-14-10-12-21(18-23)34(26(35)19-33-25-16-8-7-15-24(25)31-32-33)27(28(36)30-29(2,3)4)20-11-9-13-22(17-20)37-5/h7-18,27H,6,19H2,1-5H3,(H,30,36)/t27-/m1/s1. The summed E-state index contributed by atoms with van der Waals surface area (Å²) >= 11 is 0. The Hall–Kier alpha value is -4.40. The van der Waals surface area contributed by atoms with Gasteiger partial charge in [0, 0.05) is 17.3 Å². The number of para-hydroxylation sites is 1. The largest absolute Gasteiger partial charge is 0.497 e. The van der Waals surface area contributed by atoms with Gasteiger partial charge >= 0.3 is 0 Å². The van der Waals surface area contributed by atoms with Gasteiger partial charge in [0.2, 0.25) is 11.8 Å². The van der Waals surface area contributed by atoms with E-state index in [1.807, 2.05) is 64.1 Å². The average molecular weight is 516 g/mol. The second-order valence-electron chi connectivity index (χ2n) is 9.85. The van der Waals surface area contributed by atoms with Gasteiger partial charge in [0.15, 0.2) is 0 Å². The van der Waals surface area contributed by atoms with Crippen molar-refractivity contribution in [3.8, 4) is 11.5 Å². The fraction of sp³-hybridized carbons (Fsp3) is 0.310. The molecule has 3 aromatic carbocycles. The van der Waals surface area contributed by atoms with Crippen LogP contribution in [0.5, 0.6) is 11.5 Å². The molecule has 0 fully saturated rings. The summed E-state index contributed by atoms with van der Waals surface area (Å²) in [6, 6.07) is 20.8. The number of hydrogen-bond acceptors (Lipinski definition) is 6. The Morgan fingerprint density at radius 1 is 1.00 bits per heavy atom. The lowest BCUT2D eigenvalue weighted by Gasteiger charge is -2.34. The molecular weight excluding hydrogens is 482 g/mol. The number of nitrogens with zero attached hydrogens (tertiary/aromatic N) is 4. The monoisotopic (exact) mass is 515 g/mol. The van der Waals surface area contributed by atoms with Crippen molar-refractivity contribution >= 4 is 28.5 Å². The zero-order valence-corrected chi connectivity index (χ0v) is 22.3. The van der Waals surface area contributed by atoms with E-state index in [9.17, 15) is 9.59 Å². The molecule has 0 spiro atoms.